The number of unbranched alkanes of at least 4 members (excludes halogenated alkanes) is 1. The summed E-state index contributed by atoms with van der Waals surface area (Å²) in [6.07, 6.45) is 5.77. The molecule has 0 aliphatic carbocycles. The van der Waals surface area contributed by atoms with Gasteiger partial charge in [-0.25, -0.2) is 15.3 Å². The molecule has 2 aliphatic heterocycles. The summed E-state index contributed by atoms with van der Waals surface area (Å²) >= 11 is 1.83. The van der Waals surface area contributed by atoms with Crippen LogP contribution >= 0.6 is 11.8 Å². The number of Topliss-reactive ketones (excluding diaryl/α,β-unsaturated/α-hetero) is 1. The van der Waals surface area contributed by atoms with Crippen molar-refractivity contribution in [2.75, 3.05) is 58.5 Å². The number of fused-ring (bicyclic) bond motifs is 1. The Morgan fingerprint density at radius 2 is 1.82 bits per heavy atom. The molecule has 0 bridgehead atoms. The van der Waals surface area contributed by atoms with E-state index in [1.165, 1.54) is 5.01 Å². The Bertz CT molecular complexity index is 1570. The predicted octanol–water partition coefficient (Wildman–Crippen LogP) is 0.848. The van der Waals surface area contributed by atoms with E-state index in [0.717, 1.165) is 30.6 Å². The molecule has 3 heterocycles. The molecule has 1 aromatic carbocycles. The minimum absolute atomic E-state index is 0.00239. The lowest BCUT2D eigenvalue weighted by Gasteiger charge is -2.22. The van der Waals surface area contributed by atoms with Crippen molar-refractivity contribution in [3.8, 4) is 0 Å². The fourth-order valence-corrected chi connectivity index (χ4v) is 7.65. The van der Waals surface area contributed by atoms with E-state index >= 15 is 0 Å². The lowest BCUT2D eigenvalue weighted by Crippen LogP contribution is -2.45. The number of nitrogens with one attached hydrogen (secondary N) is 2. The summed E-state index contributed by atoms with van der Waals surface area (Å²) in [5.41, 5.74) is 7.51. The van der Waals surface area contributed by atoms with Crippen molar-refractivity contribution in [3.63, 3.8) is 0 Å². The fraction of sp³-hybridized carbons (Fsp3) is 0.647. The molecule has 2 aliphatic rings. The minimum Gasteiger partial charge on any atom is -0.480 e. The van der Waals surface area contributed by atoms with Crippen molar-refractivity contribution in [2.24, 2.45) is 27.8 Å². The Labute approximate surface area is 323 Å². The van der Waals surface area contributed by atoms with Crippen LogP contribution in [0.5, 0.6) is 0 Å². The van der Waals surface area contributed by atoms with Crippen LogP contribution < -0.4 is 28.1 Å². The maximum absolute atomic E-state index is 12.6. The molecule has 20 nitrogen and oxygen atoms in total. The largest absolute Gasteiger partial charge is 0.480 e. The molecule has 0 unspecified atom stereocenters. The number of aliphatic carboxylic acids is 1. The average molecular weight is 792 g/mol. The third kappa shape index (κ3) is 14.7. The van der Waals surface area contributed by atoms with Crippen LogP contribution in [0.15, 0.2) is 34.7 Å². The number of ketones is 1. The number of rotatable bonds is 28. The second-order valence-corrected chi connectivity index (χ2v) is 14.3. The smallest absolute Gasteiger partial charge is 0.332 e. The maximum Gasteiger partial charge on any atom is 0.332 e. The van der Waals surface area contributed by atoms with Gasteiger partial charge in [0.05, 0.1) is 76.8 Å². The Balaban J connectivity index is 0.938. The minimum atomic E-state index is -1.32. The lowest BCUT2D eigenvalue weighted by atomic mass is 9.98. The van der Waals surface area contributed by atoms with Gasteiger partial charge in [0.2, 0.25) is 5.91 Å². The number of urea groups is 1. The number of hydrogen-bond acceptors (Lipinski definition) is 15. The molecule has 3 amide bonds. The summed E-state index contributed by atoms with van der Waals surface area (Å²) in [4.78, 5) is 47.5. The first-order chi connectivity index (χ1) is 26.7. The topological polar surface area (TPSA) is 286 Å². The van der Waals surface area contributed by atoms with Gasteiger partial charge in [-0.3, -0.25) is 19.4 Å². The van der Waals surface area contributed by atoms with Gasteiger partial charge in [-0.15, -0.1) is 10.2 Å². The van der Waals surface area contributed by atoms with E-state index in [4.69, 9.17) is 41.5 Å². The summed E-state index contributed by atoms with van der Waals surface area (Å²) in [5, 5.41) is 31.7. The van der Waals surface area contributed by atoms with Gasteiger partial charge in [-0.1, -0.05) is 22.9 Å². The first kappa shape index (κ1) is 43.5. The van der Waals surface area contributed by atoms with Crippen molar-refractivity contribution in [3.05, 3.63) is 41.2 Å². The normalized spacial score (nSPS) is 18.5. The zero-order chi connectivity index (χ0) is 39.4. The van der Waals surface area contributed by atoms with E-state index in [1.54, 1.807) is 29.1 Å². The highest BCUT2D eigenvalue weighted by atomic mass is 32.2. The van der Waals surface area contributed by atoms with Gasteiger partial charge in [-0.2, -0.15) is 11.8 Å². The molecule has 2 aromatic rings. The summed E-state index contributed by atoms with van der Waals surface area (Å²) in [5.74, 6) is 10.2. The highest BCUT2D eigenvalue weighted by molar-refractivity contribution is 8.00. The number of amides is 3. The fourth-order valence-electron chi connectivity index (χ4n) is 6.07. The predicted molar refractivity (Wildman–Crippen MR) is 200 cm³/mol. The second-order valence-electron chi connectivity index (χ2n) is 13.0. The molecule has 2 saturated heterocycles. The van der Waals surface area contributed by atoms with Gasteiger partial charge >= 0.3 is 12.0 Å². The number of carbonyl (C=O) groups is 4. The SMILES string of the molecule is NN=Nc1ccc(CCCOCc2cn(CCOCCOCCOCCNC(=O)CCCC[C@@H]3SC[C@@H]4NC(=O)N(N)[C@@H]43)nn2)cc1C(=O)C[C@H](N)C(=O)O. The monoisotopic (exact) mass is 791 g/mol. The quantitative estimate of drug-likeness (QED) is 0.0132. The Kier molecular flexibility index (Phi) is 18.7. The van der Waals surface area contributed by atoms with Crippen molar-refractivity contribution >= 4 is 41.1 Å². The molecule has 0 spiro atoms. The number of thioether (sulfide) groups is 1. The third-order valence-corrected chi connectivity index (χ3v) is 10.4. The number of nitrogens with zero attached hydrogens (tertiary/aromatic N) is 6. The van der Waals surface area contributed by atoms with Gasteiger partial charge in [0.25, 0.3) is 0 Å². The first-order valence-corrected chi connectivity index (χ1v) is 19.4. The number of aryl methyl sites for hydroxylation is 1. The van der Waals surface area contributed by atoms with Crippen LogP contribution in [0, 0.1) is 0 Å². The van der Waals surface area contributed by atoms with Gasteiger partial charge in [0, 0.05) is 42.6 Å². The zero-order valence-corrected chi connectivity index (χ0v) is 31.7. The van der Waals surface area contributed by atoms with Crippen LogP contribution in [0.25, 0.3) is 0 Å². The van der Waals surface area contributed by atoms with Crippen molar-refractivity contribution in [1.29, 1.82) is 0 Å². The molecule has 55 heavy (non-hydrogen) atoms. The molecule has 21 heteroatoms. The van der Waals surface area contributed by atoms with Crippen LogP contribution in [0.3, 0.4) is 0 Å². The number of nitrogens with two attached hydrogens (primary N) is 3. The van der Waals surface area contributed by atoms with Crippen molar-refractivity contribution < 1.29 is 43.2 Å². The van der Waals surface area contributed by atoms with E-state index in [1.807, 2.05) is 11.8 Å². The molecular formula is C34H53N11O9S. The number of benzene rings is 1. The van der Waals surface area contributed by atoms with Crippen LogP contribution in [0.1, 0.15) is 60.1 Å². The summed E-state index contributed by atoms with van der Waals surface area (Å²) in [6.45, 7) is 4.22. The van der Waals surface area contributed by atoms with Crippen LogP contribution in [-0.2, 0) is 48.1 Å². The van der Waals surface area contributed by atoms with E-state index in [-0.39, 0.29) is 48.3 Å². The summed E-state index contributed by atoms with van der Waals surface area (Å²) in [6, 6.07) is 3.68. The Hall–Kier alpha value is -4.25. The molecule has 0 radical (unpaired) electrons. The number of hydrazine groups is 1. The molecule has 304 valence electrons. The van der Waals surface area contributed by atoms with Gasteiger partial charge in [0.1, 0.15) is 11.7 Å². The summed E-state index contributed by atoms with van der Waals surface area (Å²) < 4.78 is 24.1. The van der Waals surface area contributed by atoms with Crippen LogP contribution in [0.2, 0.25) is 0 Å². The number of carboxylic acid groups (broad SMARTS) is 1. The van der Waals surface area contributed by atoms with E-state index in [9.17, 15) is 19.2 Å². The first-order valence-electron chi connectivity index (χ1n) is 18.3. The average Bonchev–Trinajstić information content (AvgIpc) is 3.87. The molecular weight excluding hydrogens is 739 g/mol. The number of carboxylic acids is 1. The van der Waals surface area contributed by atoms with Crippen molar-refractivity contribution in [2.45, 2.75) is 81.5 Å². The second kappa shape index (κ2) is 23.6. The maximum atomic E-state index is 12.6. The third-order valence-electron chi connectivity index (χ3n) is 8.91. The van der Waals surface area contributed by atoms with E-state index in [0.29, 0.717) is 89.5 Å². The molecule has 2 fully saturated rings. The number of ether oxygens (including phenoxy) is 4. The van der Waals surface area contributed by atoms with Gasteiger partial charge < -0.3 is 46.3 Å². The van der Waals surface area contributed by atoms with E-state index < -0.39 is 17.8 Å². The van der Waals surface area contributed by atoms with Gasteiger partial charge in [0.15, 0.2) is 5.78 Å². The highest BCUT2D eigenvalue weighted by Gasteiger charge is 2.47. The molecule has 4 rings (SSSR count). The Morgan fingerprint density at radius 3 is 2.58 bits per heavy atom. The number of aromatic nitrogens is 3. The number of carbonyl (C=O) groups excluding carboxylic acids is 3. The zero-order valence-electron chi connectivity index (χ0n) is 30.9. The van der Waals surface area contributed by atoms with Gasteiger partial charge in [-0.05, 0) is 43.4 Å². The Morgan fingerprint density at radius 1 is 1.05 bits per heavy atom. The van der Waals surface area contributed by atoms with Crippen LogP contribution in [0.4, 0.5) is 10.5 Å². The number of hydrogen-bond donors (Lipinski definition) is 6. The standard InChI is InChI=1S/C34H53N11O9S/c35-26(33(48)49)19-29(46)25-18-23(7-8-27(25)41-42-36)4-3-11-54-21-24-20-44(43-40-24)10-13-52-15-17-53-16-14-51-12-9-38-31(47)6-2-1-5-30-32-28(22-55-30)39-34(50)45(32)37/h7-8,18,20,26,28,30,32H,1-6,9-17,19,21-22,35,37H2,(H2,36,41)(H,38,47)(H,39,50)(H,48,49)/t26-,28-,30-,32-/m0/s1. The summed E-state index contributed by atoms with van der Waals surface area (Å²) in [7, 11) is 0. The lowest BCUT2D eigenvalue weighted by molar-refractivity contribution is -0.138. The molecule has 0 saturated carbocycles. The van der Waals surface area contributed by atoms with Crippen LogP contribution in [-0.4, -0.2) is 131 Å². The molecule has 9 N–H and O–H groups in total. The molecule has 4 atom stereocenters. The van der Waals surface area contributed by atoms with E-state index in [2.05, 4.69) is 31.3 Å². The highest BCUT2D eigenvalue weighted by Crippen LogP contribution is 2.36. The van der Waals surface area contributed by atoms with Crippen molar-refractivity contribution in [1.82, 2.24) is 30.6 Å². The molecule has 1 aromatic heterocycles.